The molecule has 4 nitrogen and oxygen atoms in total. The smallest absolute Gasteiger partial charge is 0.128 e. The Bertz CT molecular complexity index is 563. The van der Waals surface area contributed by atoms with E-state index in [1.165, 1.54) is 16.8 Å². The first-order valence-corrected chi connectivity index (χ1v) is 5.81. The van der Waals surface area contributed by atoms with E-state index in [2.05, 4.69) is 10.3 Å². The lowest BCUT2D eigenvalue weighted by atomic mass is 10.1. The summed E-state index contributed by atoms with van der Waals surface area (Å²) in [6.45, 7) is 3.44. The quantitative estimate of drug-likeness (QED) is 0.931. The van der Waals surface area contributed by atoms with E-state index in [0.29, 0.717) is 16.3 Å². The van der Waals surface area contributed by atoms with Crippen molar-refractivity contribution in [1.29, 1.82) is 0 Å². The number of rotatable bonds is 3. The molecule has 0 saturated carbocycles. The van der Waals surface area contributed by atoms with Crippen molar-refractivity contribution in [2.45, 2.75) is 26.0 Å². The summed E-state index contributed by atoms with van der Waals surface area (Å²) in [5, 5.41) is 17.9. The summed E-state index contributed by atoms with van der Waals surface area (Å²) in [6.07, 6.45) is 1.58. The topological polar surface area (TPSA) is 50.9 Å². The molecule has 0 bridgehead atoms. The summed E-state index contributed by atoms with van der Waals surface area (Å²) in [6, 6.07) is 4.35. The van der Waals surface area contributed by atoms with E-state index < -0.39 is 5.60 Å². The maximum absolute atomic E-state index is 13.5. The van der Waals surface area contributed by atoms with Gasteiger partial charge in [-0.2, -0.15) is 0 Å². The van der Waals surface area contributed by atoms with Crippen molar-refractivity contribution in [3.05, 3.63) is 46.5 Å². The molecule has 0 fully saturated rings. The second-order valence-electron chi connectivity index (χ2n) is 4.60. The van der Waals surface area contributed by atoms with Crippen molar-refractivity contribution < 1.29 is 9.50 Å². The van der Waals surface area contributed by atoms with E-state index in [1.54, 1.807) is 26.1 Å². The molecule has 2 aromatic rings. The molecule has 6 heteroatoms. The van der Waals surface area contributed by atoms with E-state index in [-0.39, 0.29) is 12.4 Å². The summed E-state index contributed by atoms with van der Waals surface area (Å²) in [5.41, 5.74) is -0.204. The van der Waals surface area contributed by atoms with Crippen LogP contribution in [0.1, 0.15) is 25.1 Å². The first-order chi connectivity index (χ1) is 8.36. The van der Waals surface area contributed by atoms with Crippen LogP contribution >= 0.6 is 11.6 Å². The van der Waals surface area contributed by atoms with Crippen molar-refractivity contribution in [3.63, 3.8) is 0 Å². The van der Waals surface area contributed by atoms with Crippen LogP contribution in [0, 0.1) is 5.82 Å². The van der Waals surface area contributed by atoms with Crippen LogP contribution in [0.15, 0.2) is 24.4 Å². The zero-order valence-corrected chi connectivity index (χ0v) is 10.8. The van der Waals surface area contributed by atoms with Gasteiger partial charge >= 0.3 is 0 Å². The van der Waals surface area contributed by atoms with Crippen LogP contribution in [0.2, 0.25) is 5.02 Å². The number of hydrogen-bond donors (Lipinski definition) is 1. The van der Waals surface area contributed by atoms with Gasteiger partial charge in [0.05, 0.1) is 12.7 Å². The van der Waals surface area contributed by atoms with Gasteiger partial charge in [0.2, 0.25) is 0 Å². The number of nitrogens with zero attached hydrogens (tertiary/aromatic N) is 3. The molecule has 1 N–H and O–H groups in total. The highest BCUT2D eigenvalue weighted by Crippen LogP contribution is 2.18. The predicted molar refractivity (Wildman–Crippen MR) is 65.8 cm³/mol. The third kappa shape index (κ3) is 2.86. The minimum absolute atomic E-state index is 0.218. The highest BCUT2D eigenvalue weighted by atomic mass is 35.5. The van der Waals surface area contributed by atoms with E-state index in [9.17, 15) is 9.50 Å². The van der Waals surface area contributed by atoms with Crippen LogP contribution in [-0.4, -0.2) is 20.1 Å². The Labute approximate surface area is 109 Å². The van der Waals surface area contributed by atoms with Gasteiger partial charge in [0, 0.05) is 10.6 Å². The van der Waals surface area contributed by atoms with Gasteiger partial charge in [-0.3, -0.25) is 0 Å². The molecule has 0 saturated heterocycles. The Morgan fingerprint density at radius 1 is 1.44 bits per heavy atom. The van der Waals surface area contributed by atoms with Gasteiger partial charge in [0.15, 0.2) is 0 Å². The first-order valence-electron chi connectivity index (χ1n) is 5.43. The first kappa shape index (κ1) is 13.0. The maximum atomic E-state index is 13.5. The lowest BCUT2D eigenvalue weighted by Gasteiger charge is -2.11. The molecule has 0 atom stereocenters. The molecule has 0 aliphatic heterocycles. The second-order valence-corrected chi connectivity index (χ2v) is 5.03. The van der Waals surface area contributed by atoms with Gasteiger partial charge in [-0.05, 0) is 32.0 Å². The zero-order chi connectivity index (χ0) is 13.3. The molecule has 0 aliphatic rings. The Kier molecular flexibility index (Phi) is 3.36. The lowest BCUT2D eigenvalue weighted by molar-refractivity contribution is 0.0737. The molecule has 0 spiro atoms. The number of aliphatic hydroxyl groups is 1. The standard InChI is InChI=1S/C12H13ClFN3O/c1-12(2,18)11-7-17(16-15-11)6-8-5-9(13)3-4-10(8)14/h3-5,7,18H,6H2,1-2H3. The molecule has 0 unspecified atom stereocenters. The van der Waals surface area contributed by atoms with E-state index in [4.69, 9.17) is 11.6 Å². The molecule has 0 aliphatic carbocycles. The van der Waals surface area contributed by atoms with Crippen molar-refractivity contribution in [3.8, 4) is 0 Å². The average molecular weight is 270 g/mol. The third-order valence-electron chi connectivity index (χ3n) is 2.51. The van der Waals surface area contributed by atoms with Gasteiger partial charge < -0.3 is 5.11 Å². The van der Waals surface area contributed by atoms with Crippen LogP contribution in [0.25, 0.3) is 0 Å². The van der Waals surface area contributed by atoms with Crippen LogP contribution in [0.4, 0.5) is 4.39 Å². The molecule has 18 heavy (non-hydrogen) atoms. The van der Waals surface area contributed by atoms with Crippen LogP contribution in [0.3, 0.4) is 0 Å². The fraction of sp³-hybridized carbons (Fsp3) is 0.333. The van der Waals surface area contributed by atoms with Crippen molar-refractivity contribution in [1.82, 2.24) is 15.0 Å². The van der Waals surface area contributed by atoms with Crippen LogP contribution in [-0.2, 0) is 12.1 Å². The molecule has 96 valence electrons. The van der Waals surface area contributed by atoms with Gasteiger partial charge in [-0.25, -0.2) is 9.07 Å². The van der Waals surface area contributed by atoms with Crippen molar-refractivity contribution in [2.24, 2.45) is 0 Å². The van der Waals surface area contributed by atoms with Crippen molar-refractivity contribution in [2.75, 3.05) is 0 Å². The number of hydrogen-bond acceptors (Lipinski definition) is 3. The Morgan fingerprint density at radius 2 is 2.17 bits per heavy atom. The fourth-order valence-electron chi connectivity index (χ4n) is 1.50. The monoisotopic (exact) mass is 269 g/mol. The largest absolute Gasteiger partial charge is 0.384 e. The average Bonchev–Trinajstić information content (AvgIpc) is 2.71. The number of aromatic nitrogens is 3. The summed E-state index contributed by atoms with van der Waals surface area (Å²) < 4.78 is 15.0. The third-order valence-corrected chi connectivity index (χ3v) is 2.74. The van der Waals surface area contributed by atoms with Crippen LogP contribution < -0.4 is 0 Å². The van der Waals surface area contributed by atoms with Gasteiger partial charge in [0.25, 0.3) is 0 Å². The Balaban J connectivity index is 2.24. The van der Waals surface area contributed by atoms with Gasteiger partial charge in [-0.1, -0.05) is 16.8 Å². The summed E-state index contributed by atoms with van der Waals surface area (Å²) in [7, 11) is 0. The Morgan fingerprint density at radius 3 is 2.78 bits per heavy atom. The van der Waals surface area contributed by atoms with E-state index >= 15 is 0 Å². The summed E-state index contributed by atoms with van der Waals surface area (Å²) in [5.74, 6) is -0.347. The maximum Gasteiger partial charge on any atom is 0.128 e. The van der Waals surface area contributed by atoms with Crippen molar-refractivity contribution >= 4 is 11.6 Å². The minimum Gasteiger partial charge on any atom is -0.384 e. The van der Waals surface area contributed by atoms with Crippen LogP contribution in [0.5, 0.6) is 0 Å². The van der Waals surface area contributed by atoms with Gasteiger partial charge in [0.1, 0.15) is 17.1 Å². The van der Waals surface area contributed by atoms with E-state index in [1.807, 2.05) is 0 Å². The molecule has 1 heterocycles. The molecule has 1 aromatic heterocycles. The van der Waals surface area contributed by atoms with Gasteiger partial charge in [-0.15, -0.1) is 5.10 Å². The number of halogens is 2. The second kappa shape index (κ2) is 4.66. The fourth-order valence-corrected chi connectivity index (χ4v) is 1.69. The molecule has 1 aromatic carbocycles. The zero-order valence-electron chi connectivity index (χ0n) is 10.1. The molecular weight excluding hydrogens is 257 g/mol. The number of benzene rings is 1. The molecule has 0 amide bonds. The highest BCUT2D eigenvalue weighted by molar-refractivity contribution is 6.30. The summed E-state index contributed by atoms with van der Waals surface area (Å²) in [4.78, 5) is 0. The summed E-state index contributed by atoms with van der Waals surface area (Å²) >= 11 is 5.81. The minimum atomic E-state index is -1.06. The highest BCUT2D eigenvalue weighted by Gasteiger charge is 2.20. The lowest BCUT2D eigenvalue weighted by Crippen LogP contribution is -2.15. The SMILES string of the molecule is CC(C)(O)c1cn(Cc2cc(Cl)ccc2F)nn1. The Hall–Kier alpha value is -1.46. The van der Waals surface area contributed by atoms with E-state index in [0.717, 1.165) is 0 Å². The molecule has 0 radical (unpaired) electrons. The normalized spacial score (nSPS) is 11.8. The molecule has 2 rings (SSSR count). The predicted octanol–water partition coefficient (Wildman–Crippen LogP) is 2.35. The molecular formula is C12H13ClFN3O.